The average Bonchev–Trinajstić information content (AvgIpc) is 2.85. The lowest BCUT2D eigenvalue weighted by Crippen LogP contribution is -2.36. The van der Waals surface area contributed by atoms with Crippen molar-refractivity contribution in [3.8, 4) is 0 Å². The molecule has 138 valence electrons. The Morgan fingerprint density at radius 1 is 1.32 bits per heavy atom. The molecule has 0 saturated carbocycles. The highest BCUT2D eigenvalue weighted by Crippen LogP contribution is 2.25. The van der Waals surface area contributed by atoms with Crippen LogP contribution in [0.3, 0.4) is 0 Å². The Labute approximate surface area is 149 Å². The van der Waals surface area contributed by atoms with Gasteiger partial charge in [-0.05, 0) is 58.7 Å². The van der Waals surface area contributed by atoms with Gasteiger partial charge in [0.05, 0.1) is 12.6 Å². The maximum atomic E-state index is 12.3. The number of likely N-dealkylation sites (tertiary alicyclic amines) is 1. The van der Waals surface area contributed by atoms with Gasteiger partial charge in [0.15, 0.2) is 0 Å². The van der Waals surface area contributed by atoms with Crippen LogP contribution in [0.2, 0.25) is 0 Å². The van der Waals surface area contributed by atoms with Crippen LogP contribution in [0.1, 0.15) is 37.7 Å². The number of carbonyl (C=O) groups is 2. The van der Waals surface area contributed by atoms with Crippen LogP contribution in [0.5, 0.6) is 0 Å². The number of aromatic nitrogens is 1. The third kappa shape index (κ3) is 5.81. The van der Waals surface area contributed by atoms with E-state index in [-0.39, 0.29) is 24.7 Å². The van der Waals surface area contributed by atoms with Crippen molar-refractivity contribution in [2.45, 2.75) is 52.7 Å². The molecule has 6 nitrogen and oxygen atoms in total. The normalized spacial score (nSPS) is 20.6. The number of ether oxygens (including phenoxy) is 2. The fraction of sp³-hybridized carbons (Fsp3) is 0.632. The molecular weight excluding hydrogens is 320 g/mol. The first-order valence-corrected chi connectivity index (χ1v) is 8.65. The third-order valence-corrected chi connectivity index (χ3v) is 4.03. The molecule has 2 rings (SSSR count). The van der Waals surface area contributed by atoms with Crippen molar-refractivity contribution in [2.24, 2.45) is 5.92 Å². The van der Waals surface area contributed by atoms with Gasteiger partial charge in [-0.3, -0.25) is 4.98 Å². The van der Waals surface area contributed by atoms with E-state index in [0.29, 0.717) is 19.5 Å². The predicted octanol–water partition coefficient (Wildman–Crippen LogP) is 2.69. The Kier molecular flexibility index (Phi) is 6.16. The summed E-state index contributed by atoms with van der Waals surface area (Å²) in [6.07, 6.45) is 0.900. The van der Waals surface area contributed by atoms with Crippen LogP contribution in [0, 0.1) is 19.8 Å². The molecule has 6 heteroatoms. The molecule has 1 saturated heterocycles. The van der Waals surface area contributed by atoms with Gasteiger partial charge in [-0.25, -0.2) is 4.79 Å². The first kappa shape index (κ1) is 19.4. The fourth-order valence-electron chi connectivity index (χ4n) is 3.16. The number of aryl methyl sites for hydroxylation is 2. The summed E-state index contributed by atoms with van der Waals surface area (Å²) in [5.41, 5.74) is 2.58. The van der Waals surface area contributed by atoms with Crippen molar-refractivity contribution in [3.05, 3.63) is 29.1 Å². The number of hydrogen-bond acceptors (Lipinski definition) is 5. The second-order valence-electron chi connectivity index (χ2n) is 7.67. The van der Waals surface area contributed by atoms with Crippen LogP contribution >= 0.6 is 0 Å². The molecule has 1 aliphatic rings. The van der Waals surface area contributed by atoms with Crippen LogP contribution in [0.15, 0.2) is 12.1 Å². The highest BCUT2D eigenvalue weighted by Gasteiger charge is 2.38. The van der Waals surface area contributed by atoms with E-state index in [2.05, 4.69) is 11.1 Å². The molecule has 1 aromatic heterocycles. The summed E-state index contributed by atoms with van der Waals surface area (Å²) in [6.45, 7) is 10.5. The smallest absolute Gasteiger partial charge is 0.410 e. The number of rotatable bonds is 5. The van der Waals surface area contributed by atoms with Gasteiger partial charge >= 0.3 is 6.09 Å². The zero-order valence-corrected chi connectivity index (χ0v) is 15.7. The summed E-state index contributed by atoms with van der Waals surface area (Å²) in [5.74, 6) is 0.0844. The molecule has 0 N–H and O–H groups in total. The molecule has 25 heavy (non-hydrogen) atoms. The van der Waals surface area contributed by atoms with Crippen molar-refractivity contribution in [3.63, 3.8) is 0 Å². The van der Waals surface area contributed by atoms with Crippen LogP contribution < -0.4 is 0 Å². The van der Waals surface area contributed by atoms with E-state index in [1.807, 2.05) is 40.7 Å². The summed E-state index contributed by atoms with van der Waals surface area (Å²) in [5, 5.41) is 0. The minimum atomic E-state index is -0.538. The number of aldehydes is 1. The second-order valence-corrected chi connectivity index (χ2v) is 7.67. The van der Waals surface area contributed by atoms with Crippen molar-refractivity contribution in [1.29, 1.82) is 0 Å². The van der Waals surface area contributed by atoms with Crippen LogP contribution in [-0.2, 0) is 20.7 Å². The molecule has 1 aromatic rings. The van der Waals surface area contributed by atoms with E-state index in [0.717, 1.165) is 23.2 Å². The second kappa shape index (κ2) is 7.95. The van der Waals surface area contributed by atoms with Gasteiger partial charge in [-0.15, -0.1) is 0 Å². The Hall–Kier alpha value is -1.95. The number of amides is 1. The fourth-order valence-corrected chi connectivity index (χ4v) is 3.16. The van der Waals surface area contributed by atoms with Gasteiger partial charge in [0.2, 0.25) is 0 Å². The number of pyridine rings is 1. The van der Waals surface area contributed by atoms with Gasteiger partial charge in [-0.2, -0.15) is 0 Å². The summed E-state index contributed by atoms with van der Waals surface area (Å²) >= 11 is 0. The Balaban J connectivity index is 2.10. The van der Waals surface area contributed by atoms with Gasteiger partial charge in [0.1, 0.15) is 18.5 Å². The average molecular weight is 348 g/mol. The molecule has 0 radical (unpaired) electrons. The molecule has 1 fully saturated rings. The number of hydrogen-bond donors (Lipinski definition) is 0. The summed E-state index contributed by atoms with van der Waals surface area (Å²) in [4.78, 5) is 29.3. The van der Waals surface area contributed by atoms with Crippen molar-refractivity contribution in [1.82, 2.24) is 9.88 Å². The Morgan fingerprint density at radius 2 is 2.04 bits per heavy atom. The molecule has 0 aliphatic carbocycles. The van der Waals surface area contributed by atoms with Crippen molar-refractivity contribution >= 4 is 12.4 Å². The number of nitrogens with zero attached hydrogens (tertiary/aromatic N) is 2. The maximum Gasteiger partial charge on any atom is 0.410 e. The maximum absolute atomic E-state index is 12.3. The van der Waals surface area contributed by atoms with Crippen molar-refractivity contribution < 1.29 is 19.1 Å². The first-order chi connectivity index (χ1) is 11.7. The SMILES string of the molecule is Cc1cc(C)nc(C[C@@H]2CN(C(=O)OC(C)(C)C)C[C@@H]2OCC=O)c1. The monoisotopic (exact) mass is 348 g/mol. The Bertz CT molecular complexity index is 604. The lowest BCUT2D eigenvalue weighted by Gasteiger charge is -2.24. The van der Waals surface area contributed by atoms with Crippen LogP contribution in [-0.4, -0.2) is 53.7 Å². The molecule has 1 amide bonds. The van der Waals surface area contributed by atoms with E-state index in [1.165, 1.54) is 0 Å². The van der Waals surface area contributed by atoms with E-state index in [1.54, 1.807) is 4.90 Å². The molecule has 0 unspecified atom stereocenters. The third-order valence-electron chi connectivity index (χ3n) is 4.03. The molecule has 1 aliphatic heterocycles. The van der Waals surface area contributed by atoms with Gasteiger partial charge < -0.3 is 19.2 Å². The van der Waals surface area contributed by atoms with Gasteiger partial charge in [0, 0.05) is 23.9 Å². The molecular formula is C19H28N2O4. The van der Waals surface area contributed by atoms with Crippen molar-refractivity contribution in [2.75, 3.05) is 19.7 Å². The minimum Gasteiger partial charge on any atom is -0.444 e. The number of carbonyl (C=O) groups excluding carboxylic acids is 2. The van der Waals surface area contributed by atoms with E-state index in [4.69, 9.17) is 9.47 Å². The molecule has 2 heterocycles. The zero-order chi connectivity index (χ0) is 18.6. The van der Waals surface area contributed by atoms with Gasteiger partial charge in [0.25, 0.3) is 0 Å². The highest BCUT2D eigenvalue weighted by atomic mass is 16.6. The topological polar surface area (TPSA) is 68.7 Å². The molecule has 0 aromatic carbocycles. The molecule has 0 bridgehead atoms. The van der Waals surface area contributed by atoms with Crippen LogP contribution in [0.4, 0.5) is 4.79 Å². The standard InChI is InChI=1S/C19H28N2O4/c1-13-8-14(2)20-16(9-13)10-15-11-21(12-17(15)24-7-6-22)18(23)25-19(3,4)5/h6,8-9,15,17H,7,10-12H2,1-5H3/t15-,17+/m1/s1. The lowest BCUT2D eigenvalue weighted by atomic mass is 9.98. The first-order valence-electron chi connectivity index (χ1n) is 8.65. The minimum absolute atomic E-state index is 0.0313. The quantitative estimate of drug-likeness (QED) is 0.765. The zero-order valence-electron chi connectivity index (χ0n) is 15.7. The predicted molar refractivity (Wildman–Crippen MR) is 94.5 cm³/mol. The summed E-state index contributed by atoms with van der Waals surface area (Å²) in [7, 11) is 0. The summed E-state index contributed by atoms with van der Waals surface area (Å²) < 4.78 is 11.1. The summed E-state index contributed by atoms with van der Waals surface area (Å²) in [6, 6.07) is 4.09. The lowest BCUT2D eigenvalue weighted by molar-refractivity contribution is -0.114. The van der Waals surface area contributed by atoms with E-state index >= 15 is 0 Å². The Morgan fingerprint density at radius 3 is 2.64 bits per heavy atom. The molecule has 0 spiro atoms. The van der Waals surface area contributed by atoms with Crippen LogP contribution in [0.25, 0.3) is 0 Å². The highest BCUT2D eigenvalue weighted by molar-refractivity contribution is 5.68. The van der Waals surface area contributed by atoms with E-state index < -0.39 is 5.60 Å². The largest absolute Gasteiger partial charge is 0.444 e. The van der Waals surface area contributed by atoms with E-state index in [9.17, 15) is 9.59 Å². The molecule has 2 atom stereocenters. The van der Waals surface area contributed by atoms with Gasteiger partial charge in [-0.1, -0.05) is 0 Å².